The monoisotopic (exact) mass is 636 g/mol. The Morgan fingerprint density at radius 1 is 0.485 bits per heavy atom. The van der Waals surface area contributed by atoms with E-state index in [0.717, 1.165) is 25.7 Å². The van der Waals surface area contributed by atoms with Crippen molar-refractivity contribution in [3.63, 3.8) is 0 Å². The van der Waals surface area contributed by atoms with Gasteiger partial charge in [0.1, 0.15) is 0 Å². The van der Waals surface area contributed by atoms with Crippen molar-refractivity contribution < 1.29 is 9.47 Å². The Balaban J connectivity index is 0.000000178. The first-order valence-corrected chi connectivity index (χ1v) is 18.5. The van der Waals surface area contributed by atoms with Gasteiger partial charge in [-0.05, 0) is 51.4 Å². The zero-order valence-electron chi connectivity index (χ0n) is 20.4. The second-order valence-electron chi connectivity index (χ2n) is 10.1. The van der Waals surface area contributed by atoms with Gasteiger partial charge in [0.2, 0.25) is 0 Å². The van der Waals surface area contributed by atoms with Crippen LogP contribution in [0.5, 0.6) is 0 Å². The summed E-state index contributed by atoms with van der Waals surface area (Å²) in [6.45, 7) is 0. The number of hydrogen-bond acceptors (Lipinski definition) is 6. The summed E-state index contributed by atoms with van der Waals surface area (Å²) in [5.74, 6) is 0. The summed E-state index contributed by atoms with van der Waals surface area (Å²) >= 11 is 18.7. The zero-order valence-corrected chi connectivity index (χ0v) is 26.5. The Morgan fingerprint density at radius 3 is 1.03 bits per heavy atom. The van der Waals surface area contributed by atoms with Crippen LogP contribution in [0, 0.1) is 0 Å². The fourth-order valence-corrected chi connectivity index (χ4v) is 12.2. The second kappa shape index (κ2) is 19.2. The van der Waals surface area contributed by atoms with Crippen LogP contribution in [0.1, 0.15) is 128 Å². The van der Waals surface area contributed by atoms with Crippen LogP contribution in [-0.4, -0.2) is 42.1 Å². The summed E-state index contributed by atoms with van der Waals surface area (Å²) in [6, 6.07) is 0. The van der Waals surface area contributed by atoms with Crippen LogP contribution in [0.15, 0.2) is 0 Å². The van der Waals surface area contributed by atoms with Gasteiger partial charge in [-0.15, -0.1) is 0 Å². The van der Waals surface area contributed by atoms with Gasteiger partial charge in [0.05, 0.1) is 12.2 Å². The van der Waals surface area contributed by atoms with Gasteiger partial charge in [0, 0.05) is 8.77 Å². The van der Waals surface area contributed by atoms with Crippen LogP contribution < -0.4 is 0 Å². The van der Waals surface area contributed by atoms with Crippen molar-refractivity contribution >= 4 is 79.6 Å². The third-order valence-corrected chi connectivity index (χ3v) is 13.7. The van der Waals surface area contributed by atoms with Crippen LogP contribution in [0.2, 0.25) is 7.87 Å². The molecule has 0 unspecified atom stereocenters. The van der Waals surface area contributed by atoms with Crippen molar-refractivity contribution in [2.24, 2.45) is 0 Å². The SMILES string of the molecule is C1CC[CH]([Sn+2][CH]2CCCCC2)CC1.S=C([S-])OC1CCCCC1.S=C([S-])OC1CCCCC1. The van der Waals surface area contributed by atoms with E-state index in [4.69, 9.17) is 9.47 Å². The van der Waals surface area contributed by atoms with Gasteiger partial charge >= 0.3 is 93.2 Å². The van der Waals surface area contributed by atoms with Gasteiger partial charge in [0.25, 0.3) is 0 Å². The Hall–Kier alpha value is 1.02. The van der Waals surface area contributed by atoms with Crippen LogP contribution in [-0.2, 0) is 34.7 Å². The van der Waals surface area contributed by atoms with E-state index in [1.54, 1.807) is 64.2 Å². The van der Waals surface area contributed by atoms with Crippen LogP contribution in [0.25, 0.3) is 0 Å². The molecule has 0 aromatic carbocycles. The summed E-state index contributed by atoms with van der Waals surface area (Å²) in [5, 5.41) is 0. The molecule has 0 radical (unpaired) electrons. The van der Waals surface area contributed by atoms with Crippen molar-refractivity contribution in [3.8, 4) is 0 Å². The van der Waals surface area contributed by atoms with Gasteiger partial charge < -0.3 is 59.2 Å². The summed E-state index contributed by atoms with van der Waals surface area (Å²) in [4.78, 5) is 0. The molecule has 0 aromatic rings. The zero-order chi connectivity index (χ0) is 23.7. The van der Waals surface area contributed by atoms with E-state index in [1.807, 2.05) is 0 Å². The van der Waals surface area contributed by atoms with Crippen molar-refractivity contribution in [1.82, 2.24) is 0 Å². The molecule has 0 aromatic heterocycles. The normalized spacial score (nSPS) is 23.0. The predicted octanol–water partition coefficient (Wildman–Crippen LogP) is 8.53. The Labute approximate surface area is 235 Å². The molecule has 7 heteroatoms. The molecule has 4 aliphatic carbocycles. The summed E-state index contributed by atoms with van der Waals surface area (Å²) in [5.41, 5.74) is 0. The molecule has 0 amide bonds. The van der Waals surface area contributed by atoms with Gasteiger partial charge in [-0.3, -0.25) is 0 Å². The largest absolute Gasteiger partial charge is 0.510 e. The van der Waals surface area contributed by atoms with Crippen LogP contribution in [0.3, 0.4) is 0 Å². The smallest absolute Gasteiger partial charge is 0.0963 e. The van der Waals surface area contributed by atoms with Gasteiger partial charge in [-0.25, -0.2) is 0 Å². The third-order valence-electron chi connectivity index (χ3n) is 7.31. The summed E-state index contributed by atoms with van der Waals surface area (Å²) < 4.78 is 13.6. The first-order chi connectivity index (χ1) is 16.0. The topological polar surface area (TPSA) is 18.5 Å². The number of rotatable bonds is 4. The van der Waals surface area contributed by atoms with Crippen molar-refractivity contribution in [3.05, 3.63) is 0 Å². The van der Waals surface area contributed by atoms with E-state index < -0.39 is 0 Å². The fourth-order valence-electron chi connectivity index (χ4n) is 5.51. The molecule has 0 saturated heterocycles. The number of ether oxygens (including phenoxy) is 2. The molecule has 4 saturated carbocycles. The molecule has 0 N–H and O–H groups in total. The van der Waals surface area contributed by atoms with Gasteiger partial charge in [0.15, 0.2) is 0 Å². The quantitative estimate of drug-likeness (QED) is 0.174. The molecule has 0 spiro atoms. The standard InChI is InChI=1S/2C7H12OS2.2C6H11.Sn/c2*9-7(10)8-6-4-2-1-3-5-6;2*1-2-4-6-5-3-1;/h2*6H,1-5H2,(H,9,10);2*1H,2-6H2;/q;;;;+2/p-2. The molecule has 4 aliphatic rings. The first-order valence-electron chi connectivity index (χ1n) is 13.5. The minimum atomic E-state index is 0.0367. The fraction of sp³-hybridized carbons (Fsp3) is 0.923. The van der Waals surface area contributed by atoms with Crippen molar-refractivity contribution in [1.29, 1.82) is 0 Å². The molecule has 33 heavy (non-hydrogen) atoms. The second-order valence-corrected chi connectivity index (χ2v) is 17.7. The average Bonchev–Trinajstić information content (AvgIpc) is 2.82. The van der Waals surface area contributed by atoms with Crippen molar-refractivity contribution in [2.75, 3.05) is 0 Å². The Bertz CT molecular complexity index is 478. The van der Waals surface area contributed by atoms with E-state index in [9.17, 15) is 0 Å². The van der Waals surface area contributed by atoms with Crippen molar-refractivity contribution in [2.45, 2.75) is 148 Å². The molecule has 0 heterocycles. The average molecular weight is 636 g/mol. The maximum Gasteiger partial charge on any atom is 0.0963 e. The van der Waals surface area contributed by atoms with Gasteiger partial charge in [-0.1, -0.05) is 12.8 Å². The van der Waals surface area contributed by atoms with Gasteiger partial charge in [-0.2, -0.15) is 0 Å². The van der Waals surface area contributed by atoms with E-state index in [1.165, 1.54) is 46.4 Å². The number of thiocarbonyl (C=S) groups is 2. The molecular formula is C26H44O2S4Sn. The molecule has 4 fully saturated rings. The minimum Gasteiger partial charge on any atom is -0.510 e. The summed E-state index contributed by atoms with van der Waals surface area (Å²) in [6.07, 6.45) is 28.8. The van der Waals surface area contributed by atoms with E-state index in [2.05, 4.69) is 49.7 Å². The maximum absolute atomic E-state index is 5.24. The molecule has 0 atom stereocenters. The molecule has 0 aliphatic heterocycles. The van der Waals surface area contributed by atoms with Crippen LogP contribution in [0.4, 0.5) is 0 Å². The first kappa shape index (κ1) is 30.2. The van der Waals surface area contributed by atoms with Crippen LogP contribution >= 0.6 is 24.4 Å². The Kier molecular flexibility index (Phi) is 17.6. The molecule has 0 bridgehead atoms. The summed E-state index contributed by atoms with van der Waals surface area (Å²) in [7, 11) is 0. The third kappa shape index (κ3) is 15.7. The number of hydrogen-bond donors (Lipinski definition) is 0. The van der Waals surface area contributed by atoms with E-state index >= 15 is 0 Å². The van der Waals surface area contributed by atoms with E-state index in [-0.39, 0.29) is 29.9 Å². The van der Waals surface area contributed by atoms with E-state index in [0.29, 0.717) is 12.2 Å². The predicted molar refractivity (Wildman–Crippen MR) is 155 cm³/mol. The molecule has 4 rings (SSSR count). The molecular weight excluding hydrogens is 591 g/mol. The molecule has 188 valence electrons. The molecule has 2 nitrogen and oxygen atoms in total. The maximum atomic E-state index is 5.24. The Morgan fingerprint density at radius 2 is 0.758 bits per heavy atom. The minimum absolute atomic E-state index is 0.0367.